The maximum atomic E-state index is 13.0. The van der Waals surface area contributed by atoms with Gasteiger partial charge in [-0.1, -0.05) is 24.3 Å². The average Bonchev–Trinajstić information content (AvgIpc) is 3.25. The van der Waals surface area contributed by atoms with Crippen molar-refractivity contribution in [1.29, 1.82) is 0 Å². The Balaban J connectivity index is 1.65. The number of nitrogens with zero attached hydrogens (tertiary/aromatic N) is 1. The smallest absolute Gasteiger partial charge is 0.337 e. The number of benzene rings is 2. The second-order valence-corrected chi connectivity index (χ2v) is 7.85. The Kier molecular flexibility index (Phi) is 7.12. The van der Waals surface area contributed by atoms with Gasteiger partial charge in [-0.3, -0.25) is 4.79 Å². The van der Waals surface area contributed by atoms with E-state index < -0.39 is 0 Å². The van der Waals surface area contributed by atoms with E-state index in [-0.39, 0.29) is 18.0 Å². The fourth-order valence-electron chi connectivity index (χ4n) is 3.14. The highest BCUT2D eigenvalue weighted by atomic mass is 32.2. The largest absolute Gasteiger partial charge is 0.465 e. The number of methoxy groups -OCH3 is 1. The van der Waals surface area contributed by atoms with E-state index in [9.17, 15) is 9.59 Å². The molecular weight excluding hydrogens is 374 g/mol. The van der Waals surface area contributed by atoms with Gasteiger partial charge < -0.3 is 14.4 Å². The molecule has 28 heavy (non-hydrogen) atoms. The van der Waals surface area contributed by atoms with Gasteiger partial charge in [0, 0.05) is 30.8 Å². The van der Waals surface area contributed by atoms with E-state index in [0.29, 0.717) is 17.7 Å². The van der Waals surface area contributed by atoms with Crippen LogP contribution in [0.25, 0.3) is 0 Å². The number of thioether (sulfide) groups is 1. The molecule has 0 spiro atoms. The van der Waals surface area contributed by atoms with Crippen molar-refractivity contribution in [2.45, 2.75) is 30.4 Å². The van der Waals surface area contributed by atoms with E-state index in [2.05, 4.69) is 0 Å². The first-order valence-corrected chi connectivity index (χ1v) is 10.3. The Morgan fingerprint density at radius 1 is 1.18 bits per heavy atom. The average molecular weight is 400 g/mol. The Morgan fingerprint density at radius 3 is 2.61 bits per heavy atom. The van der Waals surface area contributed by atoms with Crippen LogP contribution in [0.3, 0.4) is 0 Å². The van der Waals surface area contributed by atoms with Crippen LogP contribution in [0, 0.1) is 0 Å². The van der Waals surface area contributed by atoms with Gasteiger partial charge in [0.2, 0.25) is 0 Å². The topological polar surface area (TPSA) is 55.8 Å². The maximum absolute atomic E-state index is 13.0. The first-order valence-electron chi connectivity index (χ1n) is 9.34. The quantitative estimate of drug-likeness (QED) is 0.520. The molecule has 0 aromatic heterocycles. The molecule has 2 aromatic rings. The maximum Gasteiger partial charge on any atom is 0.337 e. The van der Waals surface area contributed by atoms with Crippen LogP contribution in [0.5, 0.6) is 0 Å². The van der Waals surface area contributed by atoms with E-state index >= 15 is 0 Å². The fourth-order valence-corrected chi connectivity index (χ4v) is 4.26. The van der Waals surface area contributed by atoms with Gasteiger partial charge >= 0.3 is 5.97 Å². The lowest BCUT2D eigenvalue weighted by atomic mass is 10.1. The van der Waals surface area contributed by atoms with Gasteiger partial charge in [0.1, 0.15) is 0 Å². The Labute approximate surface area is 170 Å². The predicted octanol–water partition coefficient (Wildman–Crippen LogP) is 4.02. The Bertz CT molecular complexity index is 816. The molecule has 1 unspecified atom stereocenters. The Morgan fingerprint density at radius 2 is 1.93 bits per heavy atom. The molecule has 1 aliphatic rings. The molecule has 0 radical (unpaired) electrons. The van der Waals surface area contributed by atoms with Crippen LogP contribution in [0.4, 0.5) is 0 Å². The van der Waals surface area contributed by atoms with Gasteiger partial charge in [-0.15, -0.1) is 11.8 Å². The second kappa shape index (κ2) is 9.75. The first kappa shape index (κ1) is 20.4. The minimum atomic E-state index is -0.367. The van der Waals surface area contributed by atoms with E-state index in [1.54, 1.807) is 35.8 Å². The van der Waals surface area contributed by atoms with Crippen molar-refractivity contribution in [3.05, 3.63) is 65.2 Å². The molecule has 1 heterocycles. The molecule has 1 amide bonds. The number of amides is 1. The van der Waals surface area contributed by atoms with Crippen molar-refractivity contribution in [3.8, 4) is 0 Å². The van der Waals surface area contributed by atoms with Crippen LogP contribution in [0.2, 0.25) is 0 Å². The summed E-state index contributed by atoms with van der Waals surface area (Å²) in [6, 6.07) is 14.8. The summed E-state index contributed by atoms with van der Waals surface area (Å²) in [5, 5.41) is 0. The highest BCUT2D eigenvalue weighted by molar-refractivity contribution is 7.99. The summed E-state index contributed by atoms with van der Waals surface area (Å²) in [5.41, 5.74) is 2.16. The lowest BCUT2D eigenvalue weighted by Crippen LogP contribution is -2.26. The zero-order chi connectivity index (χ0) is 19.9. The van der Waals surface area contributed by atoms with Gasteiger partial charge in [0.15, 0.2) is 0 Å². The number of ether oxygens (including phenoxy) is 2. The van der Waals surface area contributed by atoms with Crippen LogP contribution in [-0.4, -0.2) is 49.4 Å². The molecule has 0 N–H and O–H groups in total. The number of hydrogen-bond donors (Lipinski definition) is 0. The molecule has 6 heteroatoms. The van der Waals surface area contributed by atoms with E-state index in [4.69, 9.17) is 9.47 Å². The normalized spacial score (nSPS) is 16.0. The summed E-state index contributed by atoms with van der Waals surface area (Å²) in [7, 11) is 3.15. The predicted molar refractivity (Wildman–Crippen MR) is 110 cm³/mol. The molecule has 0 bridgehead atoms. The summed E-state index contributed by atoms with van der Waals surface area (Å²) in [5.74, 6) is 0.476. The SMILES string of the molecule is COC(=O)c1ccc(CN(C)C(=O)c2ccccc2SCC2CCCO2)cc1. The molecule has 1 atom stereocenters. The van der Waals surface area contributed by atoms with Crippen LogP contribution in [-0.2, 0) is 16.0 Å². The van der Waals surface area contributed by atoms with Gasteiger partial charge in [0.25, 0.3) is 5.91 Å². The van der Waals surface area contributed by atoms with Gasteiger partial charge in [-0.05, 0) is 42.7 Å². The van der Waals surface area contributed by atoms with Gasteiger partial charge in [0.05, 0.1) is 24.3 Å². The lowest BCUT2D eigenvalue weighted by molar-refractivity contribution is 0.0600. The van der Waals surface area contributed by atoms with E-state index in [1.165, 1.54) is 7.11 Å². The summed E-state index contributed by atoms with van der Waals surface area (Å²) in [4.78, 5) is 27.2. The van der Waals surface area contributed by atoms with Crippen molar-refractivity contribution < 1.29 is 19.1 Å². The molecule has 2 aromatic carbocycles. The molecule has 0 aliphatic carbocycles. The van der Waals surface area contributed by atoms with Gasteiger partial charge in [-0.2, -0.15) is 0 Å². The standard InChI is InChI=1S/C22H25NO4S/c1-23(14-16-9-11-17(12-10-16)22(25)26-2)21(24)19-7-3-4-8-20(19)28-15-18-6-5-13-27-18/h3-4,7-12,18H,5-6,13-15H2,1-2H3. The van der Waals surface area contributed by atoms with Crippen LogP contribution in [0.1, 0.15) is 39.1 Å². The van der Waals surface area contributed by atoms with E-state index in [0.717, 1.165) is 35.7 Å². The Hall–Kier alpha value is -2.31. The lowest BCUT2D eigenvalue weighted by Gasteiger charge is -2.19. The molecule has 1 saturated heterocycles. The minimum Gasteiger partial charge on any atom is -0.465 e. The number of hydrogen-bond acceptors (Lipinski definition) is 5. The highest BCUT2D eigenvalue weighted by Gasteiger charge is 2.19. The number of carbonyl (C=O) groups excluding carboxylic acids is 2. The highest BCUT2D eigenvalue weighted by Crippen LogP contribution is 2.27. The minimum absolute atomic E-state index is 0.0208. The molecule has 148 valence electrons. The van der Waals surface area contributed by atoms with Crippen LogP contribution >= 0.6 is 11.8 Å². The summed E-state index contributed by atoms with van der Waals surface area (Å²) in [6.45, 7) is 1.30. The third-order valence-electron chi connectivity index (χ3n) is 4.71. The molecule has 5 nitrogen and oxygen atoms in total. The van der Waals surface area contributed by atoms with Crippen LogP contribution in [0.15, 0.2) is 53.4 Å². The zero-order valence-electron chi connectivity index (χ0n) is 16.2. The summed E-state index contributed by atoms with van der Waals surface area (Å²) < 4.78 is 10.4. The van der Waals surface area contributed by atoms with Crippen molar-refractivity contribution >= 4 is 23.6 Å². The third-order valence-corrected chi connectivity index (χ3v) is 5.91. The van der Waals surface area contributed by atoms with Gasteiger partial charge in [-0.25, -0.2) is 4.79 Å². The molecule has 1 fully saturated rings. The van der Waals surface area contributed by atoms with Crippen molar-refractivity contribution in [3.63, 3.8) is 0 Å². The second-order valence-electron chi connectivity index (χ2n) is 6.79. The first-order chi connectivity index (χ1) is 13.6. The van der Waals surface area contributed by atoms with Crippen LogP contribution < -0.4 is 0 Å². The third kappa shape index (κ3) is 5.14. The van der Waals surface area contributed by atoms with Crippen molar-refractivity contribution in [2.24, 2.45) is 0 Å². The molecular formula is C22H25NO4S. The van der Waals surface area contributed by atoms with Crippen molar-refractivity contribution in [1.82, 2.24) is 4.90 Å². The van der Waals surface area contributed by atoms with Crippen molar-refractivity contribution in [2.75, 3.05) is 26.5 Å². The molecule has 3 rings (SSSR count). The summed E-state index contributed by atoms with van der Waals surface area (Å²) >= 11 is 1.68. The zero-order valence-corrected chi connectivity index (χ0v) is 17.0. The number of rotatable bonds is 7. The fraction of sp³-hybridized carbons (Fsp3) is 0.364. The summed E-state index contributed by atoms with van der Waals surface area (Å²) in [6.07, 6.45) is 2.48. The molecule has 1 aliphatic heterocycles. The molecule has 0 saturated carbocycles. The number of carbonyl (C=O) groups is 2. The number of esters is 1. The van der Waals surface area contributed by atoms with E-state index in [1.807, 2.05) is 36.4 Å². The monoisotopic (exact) mass is 399 g/mol.